The van der Waals surface area contributed by atoms with Crippen LogP contribution in [-0.4, -0.2) is 16.6 Å². The standard InChI is InChI=1S/C13H15N3OS/c1-7-5-9(8(2)18-7)13-15-11-3-4-17-6-10(11)12(14)16-13/h5H,3-4,6H2,1-2H3,(H2,14,15,16). The van der Waals surface area contributed by atoms with Gasteiger partial charge in [-0.1, -0.05) is 0 Å². The second-order valence-corrected chi connectivity index (χ2v) is 5.95. The number of aryl methyl sites for hydroxylation is 2. The van der Waals surface area contributed by atoms with E-state index in [1.807, 2.05) is 0 Å². The summed E-state index contributed by atoms with van der Waals surface area (Å²) in [4.78, 5) is 11.6. The first-order valence-electron chi connectivity index (χ1n) is 5.95. The Morgan fingerprint density at radius 2 is 2.17 bits per heavy atom. The number of nitrogens with zero attached hydrogens (tertiary/aromatic N) is 2. The fourth-order valence-corrected chi connectivity index (χ4v) is 3.15. The fraction of sp³-hybridized carbons (Fsp3) is 0.385. The van der Waals surface area contributed by atoms with Gasteiger partial charge in [-0.3, -0.25) is 0 Å². The second kappa shape index (κ2) is 4.33. The number of anilines is 1. The van der Waals surface area contributed by atoms with Gasteiger partial charge in [0.05, 0.1) is 18.9 Å². The molecule has 0 saturated heterocycles. The third-order valence-corrected chi connectivity index (χ3v) is 4.10. The van der Waals surface area contributed by atoms with E-state index in [-0.39, 0.29) is 0 Å². The first kappa shape index (κ1) is 11.6. The topological polar surface area (TPSA) is 61.0 Å². The summed E-state index contributed by atoms with van der Waals surface area (Å²) in [5, 5.41) is 0. The highest BCUT2D eigenvalue weighted by Gasteiger charge is 2.18. The normalized spacial score (nSPS) is 14.6. The zero-order valence-electron chi connectivity index (χ0n) is 10.5. The Balaban J connectivity index is 2.13. The molecule has 2 N–H and O–H groups in total. The third kappa shape index (κ3) is 1.89. The van der Waals surface area contributed by atoms with Crippen LogP contribution in [0.3, 0.4) is 0 Å². The predicted molar refractivity (Wildman–Crippen MR) is 72.6 cm³/mol. The number of nitrogen functional groups attached to an aromatic ring is 1. The van der Waals surface area contributed by atoms with Crippen LogP contribution < -0.4 is 5.73 Å². The Hall–Kier alpha value is -1.46. The highest BCUT2D eigenvalue weighted by Crippen LogP contribution is 2.30. The van der Waals surface area contributed by atoms with Crippen molar-refractivity contribution in [1.82, 2.24) is 9.97 Å². The van der Waals surface area contributed by atoms with Crippen LogP contribution in [0.5, 0.6) is 0 Å². The number of aromatic nitrogens is 2. The Bertz CT molecular complexity index is 607. The average molecular weight is 261 g/mol. The molecule has 94 valence electrons. The Morgan fingerprint density at radius 3 is 2.89 bits per heavy atom. The lowest BCUT2D eigenvalue weighted by atomic mass is 10.1. The lowest BCUT2D eigenvalue weighted by Gasteiger charge is -2.17. The monoisotopic (exact) mass is 261 g/mol. The van der Waals surface area contributed by atoms with Crippen LogP contribution in [0.25, 0.3) is 11.4 Å². The third-order valence-electron chi connectivity index (χ3n) is 3.14. The van der Waals surface area contributed by atoms with Crippen LogP contribution in [0.4, 0.5) is 5.82 Å². The van der Waals surface area contributed by atoms with Crippen molar-refractivity contribution in [1.29, 1.82) is 0 Å². The van der Waals surface area contributed by atoms with E-state index in [2.05, 4.69) is 29.9 Å². The van der Waals surface area contributed by atoms with Crippen molar-refractivity contribution in [3.8, 4) is 11.4 Å². The summed E-state index contributed by atoms with van der Waals surface area (Å²) in [7, 11) is 0. The van der Waals surface area contributed by atoms with Gasteiger partial charge in [-0.25, -0.2) is 9.97 Å². The van der Waals surface area contributed by atoms with E-state index in [4.69, 9.17) is 10.5 Å². The Labute approximate surface area is 110 Å². The van der Waals surface area contributed by atoms with Crippen molar-refractivity contribution < 1.29 is 4.74 Å². The van der Waals surface area contributed by atoms with Crippen molar-refractivity contribution in [2.24, 2.45) is 0 Å². The molecular weight excluding hydrogens is 246 g/mol. The summed E-state index contributed by atoms with van der Waals surface area (Å²) >= 11 is 1.76. The largest absolute Gasteiger partial charge is 0.383 e. The molecule has 1 aliphatic heterocycles. The molecule has 0 atom stereocenters. The second-order valence-electron chi connectivity index (χ2n) is 4.49. The summed E-state index contributed by atoms with van der Waals surface area (Å²) in [5.41, 5.74) is 9.09. The van der Waals surface area contributed by atoms with Crippen LogP contribution in [0, 0.1) is 13.8 Å². The highest BCUT2D eigenvalue weighted by atomic mass is 32.1. The van der Waals surface area contributed by atoms with Gasteiger partial charge in [0.2, 0.25) is 0 Å². The number of rotatable bonds is 1. The molecule has 0 amide bonds. The molecule has 1 aliphatic rings. The summed E-state index contributed by atoms with van der Waals surface area (Å²) in [6.45, 7) is 5.43. The van der Waals surface area contributed by atoms with Crippen molar-refractivity contribution in [3.05, 3.63) is 27.1 Å². The van der Waals surface area contributed by atoms with Gasteiger partial charge < -0.3 is 10.5 Å². The molecule has 2 aromatic heterocycles. The van der Waals surface area contributed by atoms with E-state index in [1.165, 1.54) is 9.75 Å². The van der Waals surface area contributed by atoms with Crippen molar-refractivity contribution in [2.75, 3.05) is 12.3 Å². The molecule has 5 heteroatoms. The van der Waals surface area contributed by atoms with Crippen LogP contribution in [0.2, 0.25) is 0 Å². The lowest BCUT2D eigenvalue weighted by Crippen LogP contribution is -2.16. The predicted octanol–water partition coefficient (Wildman–Crippen LogP) is 2.48. The lowest BCUT2D eigenvalue weighted by molar-refractivity contribution is 0.109. The van der Waals surface area contributed by atoms with Crippen LogP contribution in [0.1, 0.15) is 21.0 Å². The van der Waals surface area contributed by atoms with Crippen LogP contribution >= 0.6 is 11.3 Å². The van der Waals surface area contributed by atoms with Crippen molar-refractivity contribution in [2.45, 2.75) is 26.9 Å². The summed E-state index contributed by atoms with van der Waals surface area (Å²) in [5.74, 6) is 1.30. The highest BCUT2D eigenvalue weighted by molar-refractivity contribution is 7.12. The van der Waals surface area contributed by atoms with Gasteiger partial charge in [-0.05, 0) is 19.9 Å². The maximum absolute atomic E-state index is 6.01. The Morgan fingerprint density at radius 1 is 1.33 bits per heavy atom. The number of thiophene rings is 1. The number of hydrogen-bond acceptors (Lipinski definition) is 5. The number of fused-ring (bicyclic) bond motifs is 1. The van der Waals surface area contributed by atoms with Crippen molar-refractivity contribution >= 4 is 17.2 Å². The quantitative estimate of drug-likeness (QED) is 0.856. The van der Waals surface area contributed by atoms with Crippen LogP contribution in [-0.2, 0) is 17.8 Å². The average Bonchev–Trinajstić information content (AvgIpc) is 2.68. The van der Waals surface area contributed by atoms with Crippen LogP contribution in [0.15, 0.2) is 6.07 Å². The minimum Gasteiger partial charge on any atom is -0.383 e. The van der Waals surface area contributed by atoms with E-state index in [0.717, 1.165) is 29.1 Å². The number of ether oxygens (including phenoxy) is 1. The van der Waals surface area contributed by atoms with E-state index < -0.39 is 0 Å². The molecule has 0 aliphatic carbocycles. The van der Waals surface area contributed by atoms with E-state index >= 15 is 0 Å². The molecule has 0 fully saturated rings. The molecule has 0 aromatic carbocycles. The van der Waals surface area contributed by atoms with Gasteiger partial charge in [0.1, 0.15) is 5.82 Å². The van der Waals surface area contributed by atoms with Gasteiger partial charge >= 0.3 is 0 Å². The fourth-order valence-electron chi connectivity index (χ4n) is 2.23. The summed E-state index contributed by atoms with van der Waals surface area (Å²) < 4.78 is 5.39. The SMILES string of the molecule is Cc1cc(-c2nc(N)c3c(n2)CCOC3)c(C)s1. The maximum atomic E-state index is 6.01. The van der Waals surface area contributed by atoms with Gasteiger partial charge in [-0.2, -0.15) is 0 Å². The molecule has 3 heterocycles. The van der Waals surface area contributed by atoms with Gasteiger partial charge in [0.25, 0.3) is 0 Å². The molecule has 0 spiro atoms. The molecule has 0 unspecified atom stereocenters. The molecule has 18 heavy (non-hydrogen) atoms. The molecular formula is C13H15N3OS. The van der Waals surface area contributed by atoms with E-state index in [0.29, 0.717) is 19.0 Å². The summed E-state index contributed by atoms with van der Waals surface area (Å²) in [6.07, 6.45) is 0.817. The minimum atomic E-state index is 0.531. The molecule has 0 radical (unpaired) electrons. The molecule has 3 rings (SSSR count). The summed E-state index contributed by atoms with van der Waals surface area (Å²) in [6, 6.07) is 2.13. The van der Waals surface area contributed by atoms with Gasteiger partial charge in [0, 0.05) is 27.3 Å². The number of nitrogens with two attached hydrogens (primary N) is 1. The first-order valence-corrected chi connectivity index (χ1v) is 6.77. The maximum Gasteiger partial charge on any atom is 0.162 e. The zero-order valence-corrected chi connectivity index (χ0v) is 11.3. The molecule has 0 saturated carbocycles. The van der Waals surface area contributed by atoms with E-state index in [9.17, 15) is 0 Å². The molecule has 0 bridgehead atoms. The van der Waals surface area contributed by atoms with E-state index in [1.54, 1.807) is 11.3 Å². The Kier molecular flexibility index (Phi) is 2.80. The zero-order chi connectivity index (χ0) is 12.7. The first-order chi connectivity index (χ1) is 8.65. The molecule has 4 nitrogen and oxygen atoms in total. The van der Waals surface area contributed by atoms with Crippen molar-refractivity contribution in [3.63, 3.8) is 0 Å². The number of hydrogen-bond donors (Lipinski definition) is 1. The smallest absolute Gasteiger partial charge is 0.162 e. The minimum absolute atomic E-state index is 0.531. The van der Waals surface area contributed by atoms with Gasteiger partial charge in [0.15, 0.2) is 5.82 Å². The van der Waals surface area contributed by atoms with Gasteiger partial charge in [-0.15, -0.1) is 11.3 Å². The molecule has 2 aromatic rings.